The molecule has 7 heteroatoms. The SMILES string of the molecule is CN(C)[C@@H](CNC(=O)Nc1cccnn1)c1cccs1. The molecule has 20 heavy (non-hydrogen) atoms. The van der Waals surface area contributed by atoms with Crippen molar-refractivity contribution in [1.29, 1.82) is 0 Å². The Labute approximate surface area is 121 Å². The monoisotopic (exact) mass is 291 g/mol. The van der Waals surface area contributed by atoms with Gasteiger partial charge in [-0.05, 0) is 37.7 Å². The second-order valence-corrected chi connectivity index (χ2v) is 5.42. The number of carbonyl (C=O) groups excluding carboxylic acids is 1. The highest BCUT2D eigenvalue weighted by molar-refractivity contribution is 7.10. The maximum absolute atomic E-state index is 11.8. The van der Waals surface area contributed by atoms with E-state index in [0.29, 0.717) is 12.4 Å². The van der Waals surface area contributed by atoms with Gasteiger partial charge in [-0.1, -0.05) is 6.07 Å². The Morgan fingerprint density at radius 3 is 2.85 bits per heavy atom. The number of carbonyl (C=O) groups is 1. The number of anilines is 1. The van der Waals surface area contributed by atoms with E-state index in [2.05, 4.69) is 31.8 Å². The standard InChI is InChI=1S/C13H17N5OS/c1-18(2)10(11-5-4-8-20-11)9-14-13(19)16-12-6-3-7-15-17-12/h3-8,10H,9H2,1-2H3,(H2,14,16,17,19)/t10-/m0/s1. The number of likely N-dealkylation sites (N-methyl/N-ethyl adjacent to an activating group) is 1. The molecule has 106 valence electrons. The van der Waals surface area contributed by atoms with Crippen molar-refractivity contribution in [1.82, 2.24) is 20.4 Å². The van der Waals surface area contributed by atoms with Gasteiger partial charge in [0.25, 0.3) is 0 Å². The molecule has 0 aliphatic heterocycles. The lowest BCUT2D eigenvalue weighted by Crippen LogP contribution is -2.36. The first-order valence-corrected chi connectivity index (χ1v) is 7.07. The Bertz CT molecular complexity index is 529. The number of hydrogen-bond acceptors (Lipinski definition) is 5. The molecule has 6 nitrogen and oxygen atoms in total. The van der Waals surface area contributed by atoms with Crippen LogP contribution < -0.4 is 10.6 Å². The van der Waals surface area contributed by atoms with Crippen molar-refractivity contribution in [2.45, 2.75) is 6.04 Å². The molecule has 0 unspecified atom stereocenters. The zero-order valence-corrected chi connectivity index (χ0v) is 12.2. The van der Waals surface area contributed by atoms with Crippen LogP contribution in [0.5, 0.6) is 0 Å². The van der Waals surface area contributed by atoms with Crippen molar-refractivity contribution in [2.75, 3.05) is 26.0 Å². The van der Waals surface area contributed by atoms with Crippen LogP contribution in [0.3, 0.4) is 0 Å². The molecule has 2 amide bonds. The van der Waals surface area contributed by atoms with Crippen LogP contribution in [0.25, 0.3) is 0 Å². The van der Waals surface area contributed by atoms with Crippen LogP contribution in [0.1, 0.15) is 10.9 Å². The fourth-order valence-corrected chi connectivity index (χ4v) is 2.66. The van der Waals surface area contributed by atoms with Crippen LogP contribution in [0, 0.1) is 0 Å². The molecule has 0 saturated carbocycles. The van der Waals surface area contributed by atoms with Crippen LogP contribution in [0.15, 0.2) is 35.8 Å². The number of urea groups is 1. The van der Waals surface area contributed by atoms with Gasteiger partial charge < -0.3 is 10.2 Å². The summed E-state index contributed by atoms with van der Waals surface area (Å²) in [7, 11) is 3.99. The van der Waals surface area contributed by atoms with E-state index in [0.717, 1.165) is 0 Å². The minimum atomic E-state index is -0.283. The summed E-state index contributed by atoms with van der Waals surface area (Å²) in [5, 5.41) is 15.0. The van der Waals surface area contributed by atoms with Gasteiger partial charge in [0.15, 0.2) is 5.82 Å². The summed E-state index contributed by atoms with van der Waals surface area (Å²) in [6.45, 7) is 0.527. The first-order chi connectivity index (χ1) is 9.66. The quantitative estimate of drug-likeness (QED) is 0.883. The predicted molar refractivity (Wildman–Crippen MR) is 79.8 cm³/mol. The van der Waals surface area contributed by atoms with E-state index in [1.165, 1.54) is 4.88 Å². The third kappa shape index (κ3) is 4.01. The van der Waals surface area contributed by atoms with Gasteiger partial charge >= 0.3 is 6.03 Å². The van der Waals surface area contributed by atoms with Crippen LogP contribution in [0.4, 0.5) is 10.6 Å². The average molecular weight is 291 g/mol. The van der Waals surface area contributed by atoms with E-state index in [9.17, 15) is 4.79 Å². The molecule has 0 saturated heterocycles. The topological polar surface area (TPSA) is 70.2 Å². The number of nitrogens with one attached hydrogen (secondary N) is 2. The maximum Gasteiger partial charge on any atom is 0.320 e. The first kappa shape index (κ1) is 14.4. The van der Waals surface area contributed by atoms with Gasteiger partial charge in [-0.2, -0.15) is 5.10 Å². The lowest BCUT2D eigenvalue weighted by molar-refractivity contribution is 0.244. The maximum atomic E-state index is 11.8. The molecule has 0 spiro atoms. The number of aromatic nitrogens is 2. The molecule has 2 rings (SSSR count). The molecule has 0 aromatic carbocycles. The zero-order valence-electron chi connectivity index (χ0n) is 11.4. The Kier molecular flexibility index (Phi) is 5.03. The Morgan fingerprint density at radius 1 is 1.40 bits per heavy atom. The Hall–Kier alpha value is -1.99. The average Bonchev–Trinajstić information content (AvgIpc) is 2.93. The molecular weight excluding hydrogens is 274 g/mol. The molecule has 0 aliphatic rings. The van der Waals surface area contributed by atoms with Crippen LogP contribution in [-0.4, -0.2) is 41.8 Å². The summed E-state index contributed by atoms with van der Waals surface area (Å²) in [4.78, 5) is 15.1. The molecule has 1 atom stereocenters. The lowest BCUT2D eigenvalue weighted by atomic mass is 10.2. The van der Waals surface area contributed by atoms with Crippen LogP contribution in [0.2, 0.25) is 0 Å². The number of thiophene rings is 1. The fraction of sp³-hybridized carbons (Fsp3) is 0.308. The molecular formula is C13H17N5OS. The van der Waals surface area contributed by atoms with Gasteiger partial charge in [0.05, 0.1) is 6.04 Å². The minimum Gasteiger partial charge on any atom is -0.336 e. The van der Waals surface area contributed by atoms with Gasteiger partial charge in [0.1, 0.15) is 0 Å². The third-order valence-electron chi connectivity index (χ3n) is 2.76. The van der Waals surface area contributed by atoms with Crippen molar-refractivity contribution in [2.24, 2.45) is 0 Å². The molecule has 0 fully saturated rings. The largest absolute Gasteiger partial charge is 0.336 e. The highest BCUT2D eigenvalue weighted by atomic mass is 32.1. The molecule has 0 radical (unpaired) electrons. The first-order valence-electron chi connectivity index (χ1n) is 6.19. The van der Waals surface area contributed by atoms with Crippen molar-refractivity contribution >= 4 is 23.2 Å². The van der Waals surface area contributed by atoms with E-state index in [1.54, 1.807) is 29.7 Å². The van der Waals surface area contributed by atoms with Gasteiger partial charge in [-0.3, -0.25) is 5.32 Å². The summed E-state index contributed by atoms with van der Waals surface area (Å²) < 4.78 is 0. The van der Waals surface area contributed by atoms with E-state index in [1.807, 2.05) is 25.5 Å². The smallest absolute Gasteiger partial charge is 0.320 e. The zero-order chi connectivity index (χ0) is 14.4. The summed E-state index contributed by atoms with van der Waals surface area (Å²) >= 11 is 1.68. The van der Waals surface area contributed by atoms with Crippen LogP contribution >= 0.6 is 11.3 Å². The van der Waals surface area contributed by atoms with E-state index < -0.39 is 0 Å². The number of nitrogens with zero attached hydrogens (tertiary/aromatic N) is 3. The summed E-state index contributed by atoms with van der Waals surface area (Å²) in [5.41, 5.74) is 0. The predicted octanol–water partition coefficient (Wildman–Crippen LogP) is 1.96. The number of amides is 2. The Balaban J connectivity index is 1.88. The third-order valence-corrected chi connectivity index (χ3v) is 3.74. The minimum absolute atomic E-state index is 0.155. The van der Waals surface area contributed by atoms with Crippen molar-refractivity contribution in [3.05, 3.63) is 40.7 Å². The second kappa shape index (κ2) is 6.97. The van der Waals surface area contributed by atoms with Crippen molar-refractivity contribution in [3.8, 4) is 0 Å². The molecule has 2 heterocycles. The molecule has 2 N–H and O–H groups in total. The molecule has 0 bridgehead atoms. The van der Waals surface area contributed by atoms with Crippen LogP contribution in [-0.2, 0) is 0 Å². The van der Waals surface area contributed by atoms with E-state index >= 15 is 0 Å². The molecule has 2 aromatic rings. The van der Waals surface area contributed by atoms with Gasteiger partial charge in [-0.25, -0.2) is 4.79 Å². The summed E-state index contributed by atoms with van der Waals surface area (Å²) in [5.74, 6) is 0.433. The van der Waals surface area contributed by atoms with Crippen molar-refractivity contribution < 1.29 is 4.79 Å². The second-order valence-electron chi connectivity index (χ2n) is 4.44. The summed E-state index contributed by atoms with van der Waals surface area (Å²) in [6.07, 6.45) is 1.56. The highest BCUT2D eigenvalue weighted by Crippen LogP contribution is 2.22. The lowest BCUT2D eigenvalue weighted by Gasteiger charge is -2.23. The number of rotatable bonds is 5. The fourth-order valence-electron chi connectivity index (χ4n) is 1.74. The van der Waals surface area contributed by atoms with Gasteiger partial charge in [-0.15, -0.1) is 16.4 Å². The van der Waals surface area contributed by atoms with Gasteiger partial charge in [0.2, 0.25) is 0 Å². The molecule has 2 aromatic heterocycles. The Morgan fingerprint density at radius 2 is 2.25 bits per heavy atom. The van der Waals surface area contributed by atoms with E-state index in [-0.39, 0.29) is 12.1 Å². The van der Waals surface area contributed by atoms with Gasteiger partial charge in [0, 0.05) is 17.6 Å². The van der Waals surface area contributed by atoms with E-state index in [4.69, 9.17) is 0 Å². The number of hydrogen-bond donors (Lipinski definition) is 2. The summed E-state index contributed by atoms with van der Waals surface area (Å²) in [6, 6.07) is 7.36. The molecule has 0 aliphatic carbocycles. The normalized spacial score (nSPS) is 12.2. The highest BCUT2D eigenvalue weighted by Gasteiger charge is 2.16. The van der Waals surface area contributed by atoms with Crippen molar-refractivity contribution in [3.63, 3.8) is 0 Å².